The van der Waals surface area contributed by atoms with Gasteiger partial charge in [-0.05, 0) is 25.3 Å². The first-order chi connectivity index (χ1) is 17.1. The number of hydrogen-bond donors (Lipinski definition) is 3. The van der Waals surface area contributed by atoms with E-state index >= 15 is 0 Å². The summed E-state index contributed by atoms with van der Waals surface area (Å²) in [5.74, 6) is -0.147. The molecule has 0 unspecified atom stereocenters. The summed E-state index contributed by atoms with van der Waals surface area (Å²) in [7, 11) is 0. The van der Waals surface area contributed by atoms with E-state index in [-0.39, 0.29) is 29.5 Å². The first kappa shape index (κ1) is 34.8. The molecule has 0 aliphatic carbocycles. The second kappa shape index (κ2) is 24.1. The lowest BCUT2D eigenvalue weighted by atomic mass is 10.0. The summed E-state index contributed by atoms with van der Waals surface area (Å²) >= 11 is 0. The third-order valence-electron chi connectivity index (χ3n) is 6.59. The second-order valence-electron chi connectivity index (χ2n) is 9.90. The molecule has 208 valence electrons. The van der Waals surface area contributed by atoms with Crippen LogP contribution in [0.5, 0.6) is 0 Å². The number of allylic oxidation sites excluding steroid dienone is 1. The third kappa shape index (κ3) is 18.1. The normalized spacial score (nSPS) is 12.9. The zero-order chi connectivity index (χ0) is 25.6. The molecular formula is C30H53BrN2O3. The van der Waals surface area contributed by atoms with Crippen LogP contribution in [0.15, 0.2) is 36.7 Å². The van der Waals surface area contributed by atoms with Gasteiger partial charge in [-0.3, -0.25) is 4.79 Å². The summed E-state index contributed by atoms with van der Waals surface area (Å²) in [5, 5.41) is 22.8. The van der Waals surface area contributed by atoms with E-state index in [9.17, 15) is 15.0 Å². The number of aryl methyl sites for hydroxylation is 2. The van der Waals surface area contributed by atoms with Gasteiger partial charge in [-0.1, -0.05) is 96.6 Å². The van der Waals surface area contributed by atoms with Crippen molar-refractivity contribution in [3.05, 3.63) is 42.2 Å². The van der Waals surface area contributed by atoms with E-state index in [2.05, 4.69) is 36.1 Å². The summed E-state index contributed by atoms with van der Waals surface area (Å²) < 4.78 is 2.16. The number of hydrogen-bond acceptors (Lipinski definition) is 3. The topological polar surface area (TPSA) is 73.4 Å². The molecule has 1 aromatic heterocycles. The van der Waals surface area contributed by atoms with Crippen LogP contribution in [-0.4, -0.2) is 34.9 Å². The summed E-state index contributed by atoms with van der Waals surface area (Å²) in [6, 6.07) is 3.39. The molecule has 36 heavy (non-hydrogen) atoms. The van der Waals surface area contributed by atoms with Gasteiger partial charge in [0.15, 0.2) is 12.4 Å². The number of nitrogens with zero attached hydrogens (tertiary/aromatic N) is 1. The maximum atomic E-state index is 12.4. The van der Waals surface area contributed by atoms with E-state index in [1.807, 2.05) is 18.2 Å². The largest absolute Gasteiger partial charge is 1.00 e. The second-order valence-corrected chi connectivity index (χ2v) is 9.90. The Balaban J connectivity index is 0.0000122. The predicted molar refractivity (Wildman–Crippen MR) is 145 cm³/mol. The lowest BCUT2D eigenvalue weighted by Crippen LogP contribution is -3.00. The Kier molecular flexibility index (Phi) is 23.3. The fraction of sp³-hybridized carbons (Fsp3) is 0.733. The van der Waals surface area contributed by atoms with Crippen LogP contribution in [0.4, 0.5) is 0 Å². The number of pyridine rings is 1. The van der Waals surface area contributed by atoms with Crippen molar-refractivity contribution in [2.75, 3.05) is 6.61 Å². The first-order valence-corrected chi connectivity index (χ1v) is 14.3. The van der Waals surface area contributed by atoms with Crippen molar-refractivity contribution in [3.8, 4) is 0 Å². The molecule has 0 radical (unpaired) electrons. The maximum absolute atomic E-state index is 12.4. The number of carbonyl (C=O) groups excluding carboxylic acids is 1. The SMILES string of the molecule is CCCCCCCCCCCCC/C=C/[C@@H](O)[C@@H](CO)NC(=O)CCc1ccc[n+](CCCC)c1.[Br-]. The molecule has 2 atom stereocenters. The van der Waals surface area contributed by atoms with Crippen LogP contribution in [0.25, 0.3) is 0 Å². The van der Waals surface area contributed by atoms with Crippen molar-refractivity contribution < 1.29 is 36.6 Å². The fourth-order valence-corrected chi connectivity index (χ4v) is 4.28. The molecule has 1 aromatic rings. The van der Waals surface area contributed by atoms with Crippen LogP contribution in [0.1, 0.15) is 116 Å². The molecule has 0 bridgehead atoms. The summed E-state index contributed by atoms with van der Waals surface area (Å²) in [6.07, 6.45) is 25.7. The number of unbranched alkanes of at least 4 members (excludes halogenated alkanes) is 12. The number of rotatable bonds is 22. The minimum atomic E-state index is -0.871. The molecule has 0 fully saturated rings. The van der Waals surface area contributed by atoms with Crippen molar-refractivity contribution >= 4 is 5.91 Å². The molecule has 0 spiro atoms. The van der Waals surface area contributed by atoms with Crippen LogP contribution in [0.2, 0.25) is 0 Å². The average Bonchev–Trinajstić information content (AvgIpc) is 2.87. The minimum absolute atomic E-state index is 0. The van der Waals surface area contributed by atoms with E-state index in [0.29, 0.717) is 12.8 Å². The van der Waals surface area contributed by atoms with E-state index < -0.39 is 12.1 Å². The molecule has 0 aliphatic heterocycles. The number of amides is 1. The fourth-order valence-electron chi connectivity index (χ4n) is 4.28. The number of aliphatic hydroxyl groups is 2. The predicted octanol–water partition coefficient (Wildman–Crippen LogP) is 2.81. The first-order valence-electron chi connectivity index (χ1n) is 14.3. The summed E-state index contributed by atoms with van der Waals surface area (Å²) in [4.78, 5) is 12.4. The Hall–Kier alpha value is -1.24. The third-order valence-corrected chi connectivity index (χ3v) is 6.59. The molecule has 6 heteroatoms. The Labute approximate surface area is 231 Å². The van der Waals surface area contributed by atoms with Gasteiger partial charge in [-0.25, -0.2) is 4.57 Å². The van der Waals surface area contributed by atoms with E-state index in [1.54, 1.807) is 6.08 Å². The lowest BCUT2D eigenvalue weighted by Gasteiger charge is -2.19. The number of carbonyl (C=O) groups is 1. The van der Waals surface area contributed by atoms with Crippen LogP contribution in [0.3, 0.4) is 0 Å². The molecule has 3 N–H and O–H groups in total. The van der Waals surface area contributed by atoms with Crippen LogP contribution >= 0.6 is 0 Å². The van der Waals surface area contributed by atoms with Gasteiger partial charge < -0.3 is 32.5 Å². The highest BCUT2D eigenvalue weighted by molar-refractivity contribution is 5.76. The number of aliphatic hydroxyl groups excluding tert-OH is 2. The van der Waals surface area contributed by atoms with Gasteiger partial charge in [0.1, 0.15) is 6.54 Å². The van der Waals surface area contributed by atoms with Gasteiger partial charge in [0.05, 0.1) is 18.8 Å². The van der Waals surface area contributed by atoms with Crippen LogP contribution in [0, 0.1) is 0 Å². The zero-order valence-corrected chi connectivity index (χ0v) is 24.6. The molecule has 5 nitrogen and oxygen atoms in total. The number of halogens is 1. The number of nitrogens with one attached hydrogen (secondary N) is 1. The summed E-state index contributed by atoms with van der Waals surface area (Å²) in [6.45, 7) is 5.14. The van der Waals surface area contributed by atoms with Crippen molar-refractivity contribution in [1.29, 1.82) is 0 Å². The van der Waals surface area contributed by atoms with Crippen molar-refractivity contribution in [3.63, 3.8) is 0 Å². The standard InChI is InChI=1S/C30H52N2O3.BrH/c1-3-5-7-8-9-10-11-12-13-14-15-16-17-20-29(34)28(26-33)31-30(35)22-21-27-19-18-24-32(25-27)23-6-4-2;/h17-20,24-25,28-29,33-34H,3-16,21-23,26H2,1-2H3;1H/b20-17+;/t28-,29-;/m1./s1. The van der Waals surface area contributed by atoms with E-state index in [1.165, 1.54) is 64.2 Å². The van der Waals surface area contributed by atoms with Crippen molar-refractivity contribution in [1.82, 2.24) is 5.32 Å². The molecule has 0 saturated heterocycles. The van der Waals surface area contributed by atoms with Crippen LogP contribution in [-0.2, 0) is 17.8 Å². The van der Waals surface area contributed by atoms with Crippen molar-refractivity contribution in [2.45, 2.75) is 135 Å². The van der Waals surface area contributed by atoms with Gasteiger partial charge in [0.25, 0.3) is 0 Å². The highest BCUT2D eigenvalue weighted by Gasteiger charge is 2.18. The highest BCUT2D eigenvalue weighted by Crippen LogP contribution is 2.12. The van der Waals surface area contributed by atoms with E-state index in [4.69, 9.17) is 0 Å². The molecule has 0 aliphatic rings. The Morgan fingerprint density at radius 3 is 2.19 bits per heavy atom. The monoisotopic (exact) mass is 568 g/mol. The van der Waals surface area contributed by atoms with Gasteiger partial charge in [0.2, 0.25) is 5.91 Å². The van der Waals surface area contributed by atoms with Gasteiger partial charge in [-0.2, -0.15) is 0 Å². The van der Waals surface area contributed by atoms with E-state index in [0.717, 1.165) is 37.8 Å². The van der Waals surface area contributed by atoms with Gasteiger partial charge in [0, 0.05) is 24.5 Å². The molecule has 1 heterocycles. The highest BCUT2D eigenvalue weighted by atomic mass is 79.9. The van der Waals surface area contributed by atoms with Crippen molar-refractivity contribution in [2.24, 2.45) is 0 Å². The average molecular weight is 570 g/mol. The lowest BCUT2D eigenvalue weighted by molar-refractivity contribution is -0.697. The zero-order valence-electron chi connectivity index (χ0n) is 23.0. The Bertz CT molecular complexity index is 684. The minimum Gasteiger partial charge on any atom is -1.00 e. The Morgan fingerprint density at radius 2 is 1.58 bits per heavy atom. The molecular weight excluding hydrogens is 516 g/mol. The van der Waals surface area contributed by atoms with Gasteiger partial charge >= 0.3 is 0 Å². The molecule has 0 saturated carbocycles. The summed E-state index contributed by atoms with van der Waals surface area (Å²) in [5.41, 5.74) is 1.12. The molecule has 1 amide bonds. The van der Waals surface area contributed by atoms with Gasteiger partial charge in [-0.15, -0.1) is 0 Å². The molecule has 1 rings (SSSR count). The van der Waals surface area contributed by atoms with Crippen LogP contribution < -0.4 is 26.9 Å². The molecule has 0 aromatic carbocycles. The quantitative estimate of drug-likeness (QED) is 0.114. The smallest absolute Gasteiger partial charge is 0.220 e. The number of aromatic nitrogens is 1. The maximum Gasteiger partial charge on any atom is 0.220 e. The Morgan fingerprint density at radius 1 is 0.972 bits per heavy atom.